The average Bonchev–Trinajstić information content (AvgIpc) is 2.77. The Balaban J connectivity index is 2.22. The first-order valence-corrected chi connectivity index (χ1v) is 6.42. The predicted molar refractivity (Wildman–Crippen MR) is 68.7 cm³/mol. The third-order valence-corrected chi connectivity index (χ3v) is 4.31. The number of amides is 2. The molecule has 1 heterocycles. The number of hydrogen-bond donors (Lipinski definition) is 0. The Kier molecular flexibility index (Phi) is 2.39. The Morgan fingerprint density at radius 3 is 2.58 bits per heavy atom. The van der Waals surface area contributed by atoms with Crippen molar-refractivity contribution in [1.82, 2.24) is 4.90 Å². The van der Waals surface area contributed by atoms with E-state index in [-0.39, 0.29) is 29.4 Å². The van der Waals surface area contributed by atoms with Gasteiger partial charge in [0.25, 0.3) is 0 Å². The van der Waals surface area contributed by atoms with Crippen molar-refractivity contribution in [1.29, 1.82) is 0 Å². The summed E-state index contributed by atoms with van der Waals surface area (Å²) in [6, 6.07) is 4.95. The quantitative estimate of drug-likeness (QED) is 0.710. The van der Waals surface area contributed by atoms with Crippen LogP contribution in [0.5, 0.6) is 0 Å². The number of rotatable bonds is 0. The molecule has 3 rings (SSSR count). The third kappa shape index (κ3) is 1.37. The number of benzene rings is 1. The normalized spacial score (nSPS) is 28.6. The van der Waals surface area contributed by atoms with Gasteiger partial charge in [0.05, 0.1) is 0 Å². The summed E-state index contributed by atoms with van der Waals surface area (Å²) < 4.78 is 0. The van der Waals surface area contributed by atoms with Crippen LogP contribution in [0, 0.1) is 12.8 Å². The molecule has 19 heavy (non-hydrogen) atoms. The molecule has 0 saturated carbocycles. The van der Waals surface area contributed by atoms with Crippen LogP contribution in [-0.4, -0.2) is 28.5 Å². The van der Waals surface area contributed by atoms with Crippen LogP contribution in [0.1, 0.15) is 41.3 Å². The Morgan fingerprint density at radius 2 is 1.95 bits per heavy atom. The summed E-state index contributed by atoms with van der Waals surface area (Å²) in [5.41, 5.74) is 2.63. The second-order valence-electron chi connectivity index (χ2n) is 5.39. The molecule has 0 spiro atoms. The lowest BCUT2D eigenvalue weighted by Crippen LogP contribution is -2.41. The molecular weight excluding hydrogens is 242 g/mol. The number of imide groups is 1. The van der Waals surface area contributed by atoms with E-state index in [2.05, 4.69) is 0 Å². The van der Waals surface area contributed by atoms with E-state index in [9.17, 15) is 14.4 Å². The van der Waals surface area contributed by atoms with Gasteiger partial charge in [-0.1, -0.05) is 25.1 Å². The monoisotopic (exact) mass is 257 g/mol. The van der Waals surface area contributed by atoms with E-state index in [1.807, 2.05) is 19.1 Å². The predicted octanol–water partition coefficient (Wildman–Crippen LogP) is 1.67. The molecule has 1 fully saturated rings. The minimum atomic E-state index is -0.629. The molecule has 0 radical (unpaired) electrons. The van der Waals surface area contributed by atoms with Gasteiger partial charge in [0, 0.05) is 24.3 Å². The van der Waals surface area contributed by atoms with E-state index in [0.717, 1.165) is 16.0 Å². The molecule has 98 valence electrons. The Morgan fingerprint density at radius 1 is 1.26 bits per heavy atom. The SMILES string of the molecule is CC(=O)N1C(=O)[C@@H](C)[C@H]2c3c(C)cccc3C(=O)[C@H]21. The first-order chi connectivity index (χ1) is 8.95. The number of likely N-dealkylation sites (tertiary alicyclic amines) is 1. The lowest BCUT2D eigenvalue weighted by atomic mass is 9.87. The lowest BCUT2D eigenvalue weighted by Gasteiger charge is -2.18. The van der Waals surface area contributed by atoms with E-state index in [0.29, 0.717) is 5.56 Å². The standard InChI is InChI=1S/C15H15NO3/c1-7-5-4-6-10-11(7)12-8(2)15(19)16(9(3)17)13(12)14(10)18/h4-6,8,12-13H,1-3H3/t8-,12-,13-/m0/s1. The summed E-state index contributed by atoms with van der Waals surface area (Å²) in [5, 5.41) is 0. The van der Waals surface area contributed by atoms with Crippen molar-refractivity contribution in [2.24, 2.45) is 5.92 Å². The summed E-state index contributed by atoms with van der Waals surface area (Å²) in [6.07, 6.45) is 0. The van der Waals surface area contributed by atoms with Gasteiger partial charge in [-0.15, -0.1) is 0 Å². The fourth-order valence-electron chi connectivity index (χ4n) is 3.48. The minimum Gasteiger partial charge on any atom is -0.292 e. The number of carbonyl (C=O) groups is 3. The van der Waals surface area contributed by atoms with E-state index in [1.165, 1.54) is 6.92 Å². The summed E-state index contributed by atoms with van der Waals surface area (Å²) in [6.45, 7) is 5.09. The van der Waals surface area contributed by atoms with E-state index in [4.69, 9.17) is 0 Å². The van der Waals surface area contributed by atoms with Gasteiger partial charge in [-0.25, -0.2) is 0 Å². The summed E-state index contributed by atoms with van der Waals surface area (Å²) in [5.74, 6) is -1.18. The molecule has 0 aromatic heterocycles. The molecule has 4 nitrogen and oxygen atoms in total. The summed E-state index contributed by atoms with van der Waals surface area (Å²) >= 11 is 0. The number of nitrogens with zero attached hydrogens (tertiary/aromatic N) is 1. The molecule has 1 aliphatic heterocycles. The van der Waals surface area contributed by atoms with Crippen molar-refractivity contribution in [2.45, 2.75) is 32.7 Å². The molecule has 1 aliphatic carbocycles. The topological polar surface area (TPSA) is 54.5 Å². The number of carbonyl (C=O) groups excluding carboxylic acids is 3. The molecule has 3 atom stereocenters. The molecule has 4 heteroatoms. The van der Waals surface area contributed by atoms with Crippen LogP contribution in [0.15, 0.2) is 18.2 Å². The number of aryl methyl sites for hydroxylation is 1. The molecule has 0 N–H and O–H groups in total. The maximum atomic E-state index is 12.5. The van der Waals surface area contributed by atoms with Crippen molar-refractivity contribution in [2.75, 3.05) is 0 Å². The van der Waals surface area contributed by atoms with Gasteiger partial charge >= 0.3 is 0 Å². The van der Waals surface area contributed by atoms with E-state index in [1.54, 1.807) is 13.0 Å². The number of fused-ring (bicyclic) bond motifs is 3. The fourth-order valence-corrected chi connectivity index (χ4v) is 3.48. The van der Waals surface area contributed by atoms with Crippen LogP contribution >= 0.6 is 0 Å². The smallest absolute Gasteiger partial charge is 0.233 e. The Bertz CT molecular complexity index is 620. The zero-order valence-electron chi connectivity index (χ0n) is 11.1. The molecule has 2 aliphatic rings. The second kappa shape index (κ2) is 3.76. The first-order valence-electron chi connectivity index (χ1n) is 6.42. The van der Waals surface area contributed by atoms with Crippen molar-refractivity contribution >= 4 is 17.6 Å². The molecule has 1 saturated heterocycles. The van der Waals surface area contributed by atoms with E-state index >= 15 is 0 Å². The zero-order valence-corrected chi connectivity index (χ0v) is 11.1. The largest absolute Gasteiger partial charge is 0.292 e. The van der Waals surface area contributed by atoms with E-state index < -0.39 is 6.04 Å². The lowest BCUT2D eigenvalue weighted by molar-refractivity contribution is -0.143. The fraction of sp³-hybridized carbons (Fsp3) is 0.400. The Hall–Kier alpha value is -1.97. The number of hydrogen-bond acceptors (Lipinski definition) is 3. The van der Waals surface area contributed by atoms with Crippen LogP contribution in [-0.2, 0) is 9.59 Å². The first kappa shape index (κ1) is 12.1. The van der Waals surface area contributed by atoms with Gasteiger partial charge in [0.15, 0.2) is 5.78 Å². The van der Waals surface area contributed by atoms with Crippen molar-refractivity contribution < 1.29 is 14.4 Å². The Labute approximate surface area is 111 Å². The molecular formula is C15H15NO3. The van der Waals surface area contributed by atoms with Crippen LogP contribution in [0.25, 0.3) is 0 Å². The summed E-state index contributed by atoms with van der Waals surface area (Å²) in [4.78, 5) is 37.5. The second-order valence-corrected chi connectivity index (χ2v) is 5.39. The van der Waals surface area contributed by atoms with Crippen molar-refractivity contribution in [3.05, 3.63) is 34.9 Å². The highest BCUT2D eigenvalue weighted by molar-refractivity contribution is 6.14. The van der Waals surface area contributed by atoms with Gasteiger partial charge in [0.2, 0.25) is 11.8 Å². The highest BCUT2D eigenvalue weighted by Crippen LogP contribution is 2.47. The molecule has 0 bridgehead atoms. The molecule has 1 aromatic carbocycles. The molecule has 1 aromatic rings. The van der Waals surface area contributed by atoms with Crippen molar-refractivity contribution in [3.8, 4) is 0 Å². The van der Waals surface area contributed by atoms with Gasteiger partial charge in [-0.2, -0.15) is 0 Å². The van der Waals surface area contributed by atoms with Crippen LogP contribution in [0.4, 0.5) is 0 Å². The number of ketones is 1. The van der Waals surface area contributed by atoms with Crippen LogP contribution in [0.2, 0.25) is 0 Å². The highest BCUT2D eigenvalue weighted by atomic mass is 16.2. The van der Waals surface area contributed by atoms with Crippen molar-refractivity contribution in [3.63, 3.8) is 0 Å². The highest BCUT2D eigenvalue weighted by Gasteiger charge is 2.56. The van der Waals surface area contributed by atoms with Crippen LogP contribution in [0.3, 0.4) is 0 Å². The van der Waals surface area contributed by atoms with Crippen LogP contribution < -0.4 is 0 Å². The molecule has 2 amide bonds. The minimum absolute atomic E-state index is 0.100. The molecule has 0 unspecified atom stereocenters. The third-order valence-electron chi connectivity index (χ3n) is 4.31. The zero-order chi connectivity index (χ0) is 13.9. The van der Waals surface area contributed by atoms with Gasteiger partial charge < -0.3 is 0 Å². The average molecular weight is 257 g/mol. The summed E-state index contributed by atoms with van der Waals surface area (Å²) in [7, 11) is 0. The van der Waals surface area contributed by atoms with Gasteiger partial charge in [-0.05, 0) is 18.1 Å². The maximum Gasteiger partial charge on any atom is 0.233 e. The van der Waals surface area contributed by atoms with Gasteiger partial charge in [0.1, 0.15) is 6.04 Å². The van der Waals surface area contributed by atoms with Gasteiger partial charge in [-0.3, -0.25) is 19.3 Å². The number of Topliss-reactive ketones (excluding diaryl/α,β-unsaturated/α-hetero) is 1. The maximum absolute atomic E-state index is 12.5.